The molecule has 0 bridgehead atoms. The molecule has 4 nitrogen and oxygen atoms in total. The van der Waals surface area contributed by atoms with Crippen molar-refractivity contribution in [1.82, 2.24) is 0 Å². The lowest BCUT2D eigenvalue weighted by molar-refractivity contribution is -0.163. The van der Waals surface area contributed by atoms with Crippen molar-refractivity contribution < 1.29 is 19.1 Å². The molecular weight excluding hydrogens is 280 g/mol. The Kier molecular flexibility index (Phi) is 3.24. The van der Waals surface area contributed by atoms with Gasteiger partial charge in [0.15, 0.2) is 0 Å². The number of benzene rings is 1. The lowest BCUT2D eigenvalue weighted by atomic mass is 9.49. The highest BCUT2D eigenvalue weighted by atomic mass is 16.5. The third-order valence-electron chi connectivity index (χ3n) is 5.59. The summed E-state index contributed by atoms with van der Waals surface area (Å²) in [5.41, 5.74) is -0.0649. The largest absolute Gasteiger partial charge is 0.469 e. The molecule has 0 saturated heterocycles. The number of ether oxygens (including phenoxy) is 1. The van der Waals surface area contributed by atoms with Gasteiger partial charge in [-0.3, -0.25) is 14.4 Å². The topological polar surface area (TPSA) is 60.4 Å². The Bertz CT molecular complexity index is 677. The van der Waals surface area contributed by atoms with Gasteiger partial charge in [0.1, 0.15) is 0 Å². The molecule has 0 N–H and O–H groups in total. The van der Waals surface area contributed by atoms with Crippen LogP contribution in [0.2, 0.25) is 0 Å². The van der Waals surface area contributed by atoms with Gasteiger partial charge in [-0.25, -0.2) is 0 Å². The molecular formula is C18H20O4. The second kappa shape index (κ2) is 4.77. The first-order valence-corrected chi connectivity index (χ1v) is 7.63. The Morgan fingerprint density at radius 3 is 2.55 bits per heavy atom. The number of methoxy groups -OCH3 is 1. The number of carbonyl (C=O) groups excluding carboxylic acids is 3. The van der Waals surface area contributed by atoms with E-state index in [1.807, 2.05) is 19.1 Å². The molecule has 2 aliphatic carbocycles. The third-order valence-corrected chi connectivity index (χ3v) is 5.59. The molecule has 22 heavy (non-hydrogen) atoms. The summed E-state index contributed by atoms with van der Waals surface area (Å²) in [6.07, 6.45) is 2.19. The molecule has 0 spiro atoms. The summed E-state index contributed by atoms with van der Waals surface area (Å²) in [5.74, 6) is -1.98. The molecule has 1 fully saturated rings. The summed E-state index contributed by atoms with van der Waals surface area (Å²) in [5, 5.41) is 0. The van der Waals surface area contributed by atoms with E-state index in [-0.39, 0.29) is 0 Å². The molecule has 1 aromatic carbocycles. The quantitative estimate of drug-likeness (QED) is 0.591. The highest BCUT2D eigenvalue weighted by Crippen LogP contribution is 2.56. The number of fused-ring (bicyclic) bond motifs is 3. The van der Waals surface area contributed by atoms with Gasteiger partial charge < -0.3 is 4.74 Å². The van der Waals surface area contributed by atoms with Gasteiger partial charge in [0.05, 0.1) is 18.4 Å². The third kappa shape index (κ3) is 1.73. The zero-order chi connectivity index (χ0) is 16.1. The lowest BCUT2D eigenvalue weighted by Crippen LogP contribution is -2.58. The maximum Gasteiger partial charge on any atom is 0.312 e. The molecule has 0 aliphatic heterocycles. The molecule has 0 aromatic heterocycles. The molecule has 4 heteroatoms. The van der Waals surface area contributed by atoms with E-state index in [1.165, 1.54) is 7.11 Å². The highest BCUT2D eigenvalue weighted by molar-refractivity contribution is 6.46. The number of Topliss-reactive ketones (excluding diaryl/α,β-unsaturated/α-hetero) is 2. The predicted molar refractivity (Wildman–Crippen MR) is 80.6 cm³/mol. The molecule has 0 heterocycles. The lowest BCUT2D eigenvalue weighted by Gasteiger charge is -2.52. The van der Waals surface area contributed by atoms with Gasteiger partial charge in [0.2, 0.25) is 11.6 Å². The Hall–Kier alpha value is -1.97. The van der Waals surface area contributed by atoms with E-state index < -0.39 is 34.3 Å². The van der Waals surface area contributed by atoms with Crippen molar-refractivity contribution in [3.63, 3.8) is 0 Å². The second-order valence-electron chi connectivity index (χ2n) is 6.85. The fourth-order valence-electron chi connectivity index (χ4n) is 4.58. The fraction of sp³-hybridized carbons (Fsp3) is 0.500. The fourth-order valence-corrected chi connectivity index (χ4v) is 4.58. The maximum absolute atomic E-state index is 12.8. The summed E-state index contributed by atoms with van der Waals surface area (Å²) in [7, 11) is 1.34. The minimum Gasteiger partial charge on any atom is -0.469 e. The number of ketones is 2. The van der Waals surface area contributed by atoms with Crippen LogP contribution in [0.1, 0.15) is 49.0 Å². The number of esters is 1. The average Bonchev–Trinajstić information content (AvgIpc) is 2.52. The molecule has 2 aliphatic rings. The second-order valence-corrected chi connectivity index (χ2v) is 6.85. The first-order chi connectivity index (χ1) is 10.4. The van der Waals surface area contributed by atoms with Gasteiger partial charge >= 0.3 is 5.97 Å². The summed E-state index contributed by atoms with van der Waals surface area (Å²) in [4.78, 5) is 37.7. The zero-order valence-corrected chi connectivity index (χ0v) is 13.1. The Balaban J connectivity index is 2.24. The van der Waals surface area contributed by atoms with E-state index in [0.29, 0.717) is 12.0 Å². The zero-order valence-electron chi connectivity index (χ0n) is 13.1. The number of hydrogen-bond acceptors (Lipinski definition) is 4. The van der Waals surface area contributed by atoms with Crippen LogP contribution in [-0.4, -0.2) is 24.6 Å². The van der Waals surface area contributed by atoms with E-state index in [4.69, 9.17) is 4.74 Å². The van der Waals surface area contributed by atoms with Crippen LogP contribution in [0.15, 0.2) is 24.3 Å². The van der Waals surface area contributed by atoms with Gasteiger partial charge in [-0.15, -0.1) is 0 Å². The Morgan fingerprint density at radius 2 is 1.86 bits per heavy atom. The van der Waals surface area contributed by atoms with Crippen LogP contribution >= 0.6 is 0 Å². The smallest absolute Gasteiger partial charge is 0.312 e. The van der Waals surface area contributed by atoms with Crippen molar-refractivity contribution in [2.24, 2.45) is 11.3 Å². The number of rotatable bonds is 1. The molecule has 0 radical (unpaired) electrons. The van der Waals surface area contributed by atoms with Gasteiger partial charge in [0.25, 0.3) is 0 Å². The maximum atomic E-state index is 12.8. The molecule has 1 aromatic rings. The molecule has 3 rings (SSSR count). The van der Waals surface area contributed by atoms with Gasteiger partial charge in [-0.2, -0.15) is 0 Å². The molecule has 116 valence electrons. The summed E-state index contributed by atoms with van der Waals surface area (Å²) in [6, 6.07) is 7.28. The first kappa shape index (κ1) is 14.9. The number of hydrogen-bond donors (Lipinski definition) is 0. The predicted octanol–water partition coefficient (Wildman–Crippen LogP) is 2.69. The van der Waals surface area contributed by atoms with E-state index in [9.17, 15) is 14.4 Å². The van der Waals surface area contributed by atoms with E-state index >= 15 is 0 Å². The van der Waals surface area contributed by atoms with Gasteiger partial charge in [0, 0.05) is 11.0 Å². The van der Waals surface area contributed by atoms with Crippen molar-refractivity contribution in [2.45, 2.75) is 38.5 Å². The Labute approximate surface area is 129 Å². The minimum absolute atomic E-state index is 0.399. The van der Waals surface area contributed by atoms with Crippen LogP contribution in [0.25, 0.3) is 0 Å². The van der Waals surface area contributed by atoms with E-state index in [2.05, 4.69) is 0 Å². The van der Waals surface area contributed by atoms with Crippen LogP contribution in [-0.2, 0) is 19.7 Å². The highest BCUT2D eigenvalue weighted by Gasteiger charge is 2.61. The van der Waals surface area contributed by atoms with Crippen molar-refractivity contribution >= 4 is 17.5 Å². The summed E-state index contributed by atoms with van der Waals surface area (Å²) >= 11 is 0. The van der Waals surface area contributed by atoms with Crippen LogP contribution in [0.3, 0.4) is 0 Å². The molecule has 0 amide bonds. The van der Waals surface area contributed by atoms with E-state index in [1.54, 1.807) is 19.1 Å². The standard InChI is InChI=1S/C18H20O4/c1-17-9-6-10-18(2,16(21)22-3)15(17)14(20)13(19)11-7-4-5-8-12(11)17/h4-5,7-8,15H,6,9-10H2,1-3H3/t15-,17-,18-/m1/s1. The van der Waals surface area contributed by atoms with Crippen molar-refractivity contribution in [1.29, 1.82) is 0 Å². The minimum atomic E-state index is -0.942. The molecule has 1 saturated carbocycles. The van der Waals surface area contributed by atoms with Gasteiger partial charge in [-0.1, -0.05) is 37.6 Å². The summed E-state index contributed by atoms with van der Waals surface area (Å²) in [6.45, 7) is 3.77. The average molecular weight is 300 g/mol. The van der Waals surface area contributed by atoms with Gasteiger partial charge in [-0.05, 0) is 25.3 Å². The normalized spacial score (nSPS) is 33.9. The summed E-state index contributed by atoms with van der Waals surface area (Å²) < 4.78 is 4.96. The Morgan fingerprint density at radius 1 is 1.18 bits per heavy atom. The molecule has 0 unspecified atom stereocenters. The van der Waals surface area contributed by atoms with Crippen LogP contribution in [0, 0.1) is 11.3 Å². The SMILES string of the molecule is COC(=O)[C@]1(C)CCC[C@]2(C)c3ccccc3C(=O)C(=O)[C@@H]12. The molecule has 3 atom stereocenters. The van der Waals surface area contributed by atoms with Crippen molar-refractivity contribution in [3.8, 4) is 0 Å². The van der Waals surface area contributed by atoms with Crippen molar-refractivity contribution in [3.05, 3.63) is 35.4 Å². The van der Waals surface area contributed by atoms with E-state index in [0.717, 1.165) is 18.4 Å². The number of carbonyl (C=O) groups is 3. The monoisotopic (exact) mass is 300 g/mol. The van der Waals surface area contributed by atoms with Crippen molar-refractivity contribution in [2.75, 3.05) is 7.11 Å². The van der Waals surface area contributed by atoms with Crippen LogP contribution in [0.4, 0.5) is 0 Å². The van der Waals surface area contributed by atoms with Crippen LogP contribution < -0.4 is 0 Å². The van der Waals surface area contributed by atoms with Crippen LogP contribution in [0.5, 0.6) is 0 Å². The first-order valence-electron chi connectivity index (χ1n) is 7.63.